The smallest absolute Gasteiger partial charge is 0.238 e. The number of pyridine rings is 1. The SMILES string of the molecule is Cc1ncc(N)c(NCc2c(F)cc(S(N)(=O)=O)cc2F)c1C1=CCCC1. The topological polar surface area (TPSA) is 111 Å². The summed E-state index contributed by atoms with van der Waals surface area (Å²) in [7, 11) is -4.20. The Kier molecular flexibility index (Phi) is 5.16. The number of anilines is 2. The van der Waals surface area contributed by atoms with Crippen LogP contribution < -0.4 is 16.2 Å². The molecule has 0 bridgehead atoms. The molecule has 3 rings (SSSR count). The van der Waals surface area contributed by atoms with Gasteiger partial charge in [0.1, 0.15) is 11.6 Å². The normalized spacial score (nSPS) is 14.3. The van der Waals surface area contributed by atoms with Crippen LogP contribution >= 0.6 is 0 Å². The van der Waals surface area contributed by atoms with Gasteiger partial charge in [0.05, 0.1) is 22.5 Å². The van der Waals surface area contributed by atoms with Crippen LogP contribution in [0.3, 0.4) is 0 Å². The average Bonchev–Trinajstić information content (AvgIpc) is 3.10. The van der Waals surface area contributed by atoms with Crippen molar-refractivity contribution >= 4 is 27.0 Å². The molecule has 0 aliphatic heterocycles. The third-order valence-corrected chi connectivity index (χ3v) is 5.44. The summed E-state index contributed by atoms with van der Waals surface area (Å²) in [5, 5.41) is 7.92. The van der Waals surface area contributed by atoms with Gasteiger partial charge in [-0.3, -0.25) is 4.98 Å². The molecule has 0 fully saturated rings. The quantitative estimate of drug-likeness (QED) is 0.722. The van der Waals surface area contributed by atoms with Crippen LogP contribution in [0.15, 0.2) is 29.3 Å². The Morgan fingerprint density at radius 2 is 1.93 bits per heavy atom. The van der Waals surface area contributed by atoms with Crippen LogP contribution in [0, 0.1) is 18.6 Å². The number of rotatable bonds is 5. The monoisotopic (exact) mass is 394 g/mol. The first kappa shape index (κ1) is 19.2. The molecule has 5 N–H and O–H groups in total. The zero-order chi connectivity index (χ0) is 19.8. The number of aryl methyl sites for hydroxylation is 1. The molecule has 27 heavy (non-hydrogen) atoms. The number of nitrogens with one attached hydrogen (secondary N) is 1. The second-order valence-electron chi connectivity index (χ2n) is 6.43. The highest BCUT2D eigenvalue weighted by Crippen LogP contribution is 2.37. The largest absolute Gasteiger partial charge is 0.396 e. The number of hydrogen-bond donors (Lipinski definition) is 3. The van der Waals surface area contributed by atoms with E-state index in [0.29, 0.717) is 23.5 Å². The molecule has 0 saturated heterocycles. The predicted octanol–water partition coefficient (Wildman–Crippen LogP) is 3.08. The number of primary sulfonamides is 1. The highest BCUT2D eigenvalue weighted by atomic mass is 32.2. The van der Waals surface area contributed by atoms with Gasteiger partial charge in [-0.1, -0.05) is 6.08 Å². The fourth-order valence-electron chi connectivity index (χ4n) is 3.19. The van der Waals surface area contributed by atoms with E-state index in [1.165, 1.54) is 6.20 Å². The van der Waals surface area contributed by atoms with Gasteiger partial charge < -0.3 is 11.1 Å². The zero-order valence-corrected chi connectivity index (χ0v) is 15.5. The maximum atomic E-state index is 14.3. The van der Waals surface area contributed by atoms with Gasteiger partial charge in [0.2, 0.25) is 10.0 Å². The Bertz CT molecular complexity index is 1010. The van der Waals surface area contributed by atoms with Crippen LogP contribution in [0.1, 0.15) is 36.1 Å². The number of aromatic nitrogens is 1. The Morgan fingerprint density at radius 3 is 2.48 bits per heavy atom. The van der Waals surface area contributed by atoms with E-state index in [9.17, 15) is 17.2 Å². The van der Waals surface area contributed by atoms with Crippen LogP contribution in [-0.4, -0.2) is 13.4 Å². The molecule has 0 spiro atoms. The highest BCUT2D eigenvalue weighted by Gasteiger charge is 2.20. The van der Waals surface area contributed by atoms with Crippen LogP contribution in [0.5, 0.6) is 0 Å². The van der Waals surface area contributed by atoms with Crippen molar-refractivity contribution in [3.8, 4) is 0 Å². The predicted molar refractivity (Wildman–Crippen MR) is 100 cm³/mol. The number of nitrogens with two attached hydrogens (primary N) is 2. The molecule has 0 amide bonds. The summed E-state index contributed by atoms with van der Waals surface area (Å²) >= 11 is 0. The molecule has 144 valence electrons. The summed E-state index contributed by atoms with van der Waals surface area (Å²) in [6.07, 6.45) is 6.47. The maximum absolute atomic E-state index is 14.3. The first-order valence-electron chi connectivity index (χ1n) is 8.37. The minimum absolute atomic E-state index is 0.212. The number of hydrogen-bond acceptors (Lipinski definition) is 5. The molecule has 0 atom stereocenters. The van der Waals surface area contributed by atoms with Gasteiger partial charge in [-0.15, -0.1) is 0 Å². The summed E-state index contributed by atoms with van der Waals surface area (Å²) in [5.74, 6) is -2.00. The van der Waals surface area contributed by atoms with E-state index in [0.717, 1.165) is 36.1 Å². The number of benzene rings is 1. The van der Waals surface area contributed by atoms with E-state index in [1.54, 1.807) is 0 Å². The standard InChI is InChI=1S/C18H20F2N4O2S/c1-10-17(11-4-2-3-5-11)18(16(21)9-23-10)24-8-13-14(19)6-12(7-15(13)20)27(22,25)26/h4,6-7,9H,2-3,5,8,21H2,1H3,(H,23,24)(H2,22,25,26). The number of nitrogen functional groups attached to an aromatic ring is 1. The Morgan fingerprint density at radius 1 is 1.26 bits per heavy atom. The lowest BCUT2D eigenvalue weighted by Crippen LogP contribution is -2.15. The lowest BCUT2D eigenvalue weighted by Gasteiger charge is -2.18. The summed E-state index contributed by atoms with van der Waals surface area (Å²) < 4.78 is 51.1. The summed E-state index contributed by atoms with van der Waals surface area (Å²) in [6.45, 7) is 1.64. The summed E-state index contributed by atoms with van der Waals surface area (Å²) in [4.78, 5) is 3.66. The van der Waals surface area contributed by atoms with Gasteiger partial charge in [-0.05, 0) is 43.9 Å². The second-order valence-corrected chi connectivity index (χ2v) is 8.00. The molecule has 6 nitrogen and oxygen atoms in total. The van der Waals surface area contributed by atoms with Gasteiger partial charge in [-0.2, -0.15) is 0 Å². The minimum atomic E-state index is -4.20. The summed E-state index contributed by atoms with van der Waals surface area (Å²) in [6, 6.07) is 1.41. The van der Waals surface area contributed by atoms with Crippen molar-refractivity contribution < 1.29 is 17.2 Å². The van der Waals surface area contributed by atoms with E-state index in [-0.39, 0.29) is 12.1 Å². The number of nitrogens with zero attached hydrogens (tertiary/aromatic N) is 1. The molecule has 0 radical (unpaired) electrons. The fourth-order valence-corrected chi connectivity index (χ4v) is 3.73. The molecule has 0 saturated carbocycles. The zero-order valence-electron chi connectivity index (χ0n) is 14.7. The van der Waals surface area contributed by atoms with Gasteiger partial charge in [-0.25, -0.2) is 22.3 Å². The number of allylic oxidation sites excluding steroid dienone is 2. The van der Waals surface area contributed by atoms with Gasteiger partial charge in [0, 0.05) is 23.4 Å². The molecule has 1 aliphatic rings. The van der Waals surface area contributed by atoms with E-state index < -0.39 is 26.6 Å². The molecule has 1 heterocycles. The van der Waals surface area contributed by atoms with Crippen molar-refractivity contribution in [3.63, 3.8) is 0 Å². The molecule has 1 aromatic heterocycles. The van der Waals surface area contributed by atoms with Crippen molar-refractivity contribution in [2.45, 2.75) is 37.6 Å². The van der Waals surface area contributed by atoms with Gasteiger partial charge >= 0.3 is 0 Å². The van der Waals surface area contributed by atoms with E-state index in [4.69, 9.17) is 10.9 Å². The van der Waals surface area contributed by atoms with Crippen LogP contribution in [-0.2, 0) is 16.6 Å². The molecule has 9 heteroatoms. The average molecular weight is 394 g/mol. The Labute approximate surface area is 156 Å². The molecule has 1 aliphatic carbocycles. The number of halogens is 2. The lowest BCUT2D eigenvalue weighted by molar-refractivity contribution is 0.548. The minimum Gasteiger partial charge on any atom is -0.396 e. The van der Waals surface area contributed by atoms with Crippen molar-refractivity contribution in [2.24, 2.45) is 5.14 Å². The van der Waals surface area contributed by atoms with Crippen LogP contribution in [0.4, 0.5) is 20.2 Å². The first-order chi connectivity index (χ1) is 12.7. The third-order valence-electron chi connectivity index (χ3n) is 4.54. The molecular formula is C18H20F2N4O2S. The van der Waals surface area contributed by atoms with Crippen molar-refractivity contribution in [1.29, 1.82) is 0 Å². The molecule has 0 unspecified atom stereocenters. The van der Waals surface area contributed by atoms with Gasteiger partial charge in [0.25, 0.3) is 0 Å². The maximum Gasteiger partial charge on any atom is 0.238 e. The van der Waals surface area contributed by atoms with Crippen molar-refractivity contribution in [3.05, 3.63) is 52.9 Å². The molecular weight excluding hydrogens is 374 g/mol. The lowest BCUT2D eigenvalue weighted by atomic mass is 10.0. The van der Waals surface area contributed by atoms with Crippen LogP contribution in [0.25, 0.3) is 5.57 Å². The Balaban J connectivity index is 1.95. The van der Waals surface area contributed by atoms with Crippen molar-refractivity contribution in [1.82, 2.24) is 4.98 Å². The molecule has 1 aromatic carbocycles. The molecule has 2 aromatic rings. The fraction of sp³-hybridized carbons (Fsp3) is 0.278. The Hall–Kier alpha value is -2.52. The van der Waals surface area contributed by atoms with E-state index in [2.05, 4.69) is 16.4 Å². The highest BCUT2D eigenvalue weighted by molar-refractivity contribution is 7.89. The summed E-state index contributed by atoms with van der Waals surface area (Å²) in [5.41, 5.74) is 9.38. The second kappa shape index (κ2) is 7.24. The third kappa shape index (κ3) is 3.93. The van der Waals surface area contributed by atoms with E-state index >= 15 is 0 Å². The van der Waals surface area contributed by atoms with Crippen molar-refractivity contribution in [2.75, 3.05) is 11.1 Å². The van der Waals surface area contributed by atoms with Gasteiger partial charge in [0.15, 0.2) is 0 Å². The first-order valence-corrected chi connectivity index (χ1v) is 9.92. The van der Waals surface area contributed by atoms with Crippen LogP contribution in [0.2, 0.25) is 0 Å². The number of sulfonamides is 1. The van der Waals surface area contributed by atoms with E-state index in [1.807, 2.05) is 6.92 Å².